The minimum atomic E-state index is -3.18. The maximum atomic E-state index is 11.8. The first-order chi connectivity index (χ1) is 11.4. The molecule has 3 heterocycles. The van der Waals surface area contributed by atoms with E-state index >= 15 is 0 Å². The largest absolute Gasteiger partial charge is 0.368 e. The van der Waals surface area contributed by atoms with Gasteiger partial charge in [-0.1, -0.05) is 0 Å². The van der Waals surface area contributed by atoms with Crippen LogP contribution in [0.4, 0.5) is 5.82 Å². The summed E-state index contributed by atoms with van der Waals surface area (Å²) in [4.78, 5) is 8.67. The fraction of sp³-hybridized carbons (Fsp3) is 0.533. The standard InChI is InChI=1S/C15H22N6O2S/c1-12-3-7-20(19-12)10-6-16-15-13-4-8-21(24(2,22)23)9-5-14(13)17-11-18-15/h3,7,11H,4-6,8-10H2,1-2H3,(H,16,17,18). The van der Waals surface area contributed by atoms with E-state index in [0.29, 0.717) is 32.5 Å². The number of hydrogen-bond acceptors (Lipinski definition) is 6. The highest BCUT2D eigenvalue weighted by Gasteiger charge is 2.23. The first kappa shape index (κ1) is 16.8. The Morgan fingerprint density at radius 3 is 2.75 bits per heavy atom. The van der Waals surface area contributed by atoms with Crippen LogP contribution in [0.1, 0.15) is 17.0 Å². The molecule has 0 aromatic carbocycles. The van der Waals surface area contributed by atoms with Gasteiger partial charge in [0.15, 0.2) is 0 Å². The smallest absolute Gasteiger partial charge is 0.211 e. The summed E-state index contributed by atoms with van der Waals surface area (Å²) < 4.78 is 26.9. The van der Waals surface area contributed by atoms with Crippen molar-refractivity contribution in [2.45, 2.75) is 26.3 Å². The van der Waals surface area contributed by atoms with Crippen LogP contribution in [0.2, 0.25) is 0 Å². The zero-order valence-electron chi connectivity index (χ0n) is 13.9. The summed E-state index contributed by atoms with van der Waals surface area (Å²) in [6.45, 7) is 4.32. The lowest BCUT2D eigenvalue weighted by molar-refractivity contribution is 0.430. The van der Waals surface area contributed by atoms with Crippen molar-refractivity contribution in [3.63, 3.8) is 0 Å². The van der Waals surface area contributed by atoms with Gasteiger partial charge in [-0.2, -0.15) is 5.10 Å². The lowest BCUT2D eigenvalue weighted by Crippen LogP contribution is -2.32. The molecule has 0 radical (unpaired) electrons. The van der Waals surface area contributed by atoms with Crippen molar-refractivity contribution in [2.24, 2.45) is 0 Å². The molecule has 9 heteroatoms. The first-order valence-corrected chi connectivity index (χ1v) is 9.80. The zero-order chi connectivity index (χ0) is 17.2. The van der Waals surface area contributed by atoms with Crippen LogP contribution in [0.25, 0.3) is 0 Å². The Balaban J connectivity index is 1.68. The summed E-state index contributed by atoms with van der Waals surface area (Å²) >= 11 is 0. The van der Waals surface area contributed by atoms with Gasteiger partial charge in [-0.25, -0.2) is 22.7 Å². The van der Waals surface area contributed by atoms with E-state index in [-0.39, 0.29) is 0 Å². The summed E-state index contributed by atoms with van der Waals surface area (Å²) in [5.74, 6) is 0.791. The van der Waals surface area contributed by atoms with Gasteiger partial charge in [0.05, 0.1) is 24.2 Å². The van der Waals surface area contributed by atoms with Gasteiger partial charge in [0.1, 0.15) is 12.1 Å². The topological polar surface area (TPSA) is 93.0 Å². The van der Waals surface area contributed by atoms with Crippen LogP contribution in [0.3, 0.4) is 0 Å². The number of aromatic nitrogens is 4. The third kappa shape index (κ3) is 3.90. The number of anilines is 1. The Bertz CT molecular complexity index is 817. The van der Waals surface area contributed by atoms with E-state index in [1.807, 2.05) is 23.9 Å². The van der Waals surface area contributed by atoms with Gasteiger partial charge in [0.2, 0.25) is 10.0 Å². The highest BCUT2D eigenvalue weighted by molar-refractivity contribution is 7.88. The molecule has 24 heavy (non-hydrogen) atoms. The molecular formula is C15H22N6O2S. The van der Waals surface area contributed by atoms with E-state index in [0.717, 1.165) is 29.3 Å². The van der Waals surface area contributed by atoms with Crippen molar-refractivity contribution in [2.75, 3.05) is 31.2 Å². The predicted molar refractivity (Wildman–Crippen MR) is 91.3 cm³/mol. The van der Waals surface area contributed by atoms with E-state index in [2.05, 4.69) is 20.4 Å². The molecule has 2 aromatic rings. The average molecular weight is 350 g/mol. The summed E-state index contributed by atoms with van der Waals surface area (Å²) in [5.41, 5.74) is 2.93. The molecule has 1 aliphatic heterocycles. The summed E-state index contributed by atoms with van der Waals surface area (Å²) in [6.07, 6.45) is 5.96. The monoisotopic (exact) mass is 350 g/mol. The van der Waals surface area contributed by atoms with Crippen LogP contribution in [0.15, 0.2) is 18.6 Å². The molecule has 1 N–H and O–H groups in total. The normalized spacial score (nSPS) is 15.8. The molecule has 1 aliphatic rings. The second-order valence-corrected chi connectivity index (χ2v) is 7.94. The lowest BCUT2D eigenvalue weighted by Gasteiger charge is -2.16. The number of nitrogens with one attached hydrogen (secondary N) is 1. The van der Waals surface area contributed by atoms with Crippen LogP contribution >= 0.6 is 0 Å². The van der Waals surface area contributed by atoms with Crippen molar-refractivity contribution in [3.05, 3.63) is 35.5 Å². The lowest BCUT2D eigenvalue weighted by atomic mass is 10.1. The highest BCUT2D eigenvalue weighted by atomic mass is 32.2. The number of sulfonamides is 1. The molecular weight excluding hydrogens is 328 g/mol. The molecule has 0 fully saturated rings. The zero-order valence-corrected chi connectivity index (χ0v) is 14.8. The molecule has 0 saturated heterocycles. The van der Waals surface area contributed by atoms with Crippen molar-refractivity contribution in [1.82, 2.24) is 24.1 Å². The van der Waals surface area contributed by atoms with Crippen LogP contribution in [-0.4, -0.2) is 58.4 Å². The SMILES string of the molecule is Cc1ccn(CCNc2ncnc3c2CCN(S(C)(=O)=O)CC3)n1. The molecule has 8 nitrogen and oxygen atoms in total. The fourth-order valence-corrected chi connectivity index (χ4v) is 3.71. The van der Waals surface area contributed by atoms with Gasteiger partial charge in [0, 0.05) is 37.8 Å². The van der Waals surface area contributed by atoms with Gasteiger partial charge in [-0.3, -0.25) is 4.68 Å². The summed E-state index contributed by atoms with van der Waals surface area (Å²) in [6, 6.07) is 1.97. The van der Waals surface area contributed by atoms with Crippen LogP contribution in [0, 0.1) is 6.92 Å². The third-order valence-electron chi connectivity index (χ3n) is 4.12. The maximum Gasteiger partial charge on any atom is 0.211 e. The van der Waals surface area contributed by atoms with Gasteiger partial charge < -0.3 is 5.32 Å². The van der Waals surface area contributed by atoms with E-state index < -0.39 is 10.0 Å². The number of nitrogens with zero attached hydrogens (tertiary/aromatic N) is 5. The molecule has 2 aromatic heterocycles. The minimum Gasteiger partial charge on any atom is -0.368 e. The second kappa shape index (κ2) is 6.86. The Hall–Kier alpha value is -2.00. The van der Waals surface area contributed by atoms with E-state index in [1.165, 1.54) is 16.9 Å². The second-order valence-electron chi connectivity index (χ2n) is 5.96. The van der Waals surface area contributed by atoms with E-state index in [1.54, 1.807) is 0 Å². The first-order valence-electron chi connectivity index (χ1n) is 7.95. The summed E-state index contributed by atoms with van der Waals surface area (Å²) in [5, 5.41) is 7.68. The summed E-state index contributed by atoms with van der Waals surface area (Å²) in [7, 11) is -3.18. The van der Waals surface area contributed by atoms with Crippen molar-refractivity contribution in [1.29, 1.82) is 0 Å². The molecule has 0 saturated carbocycles. The predicted octanol–water partition coefficient (Wildman–Crippen LogP) is 0.454. The van der Waals surface area contributed by atoms with Gasteiger partial charge in [-0.15, -0.1) is 0 Å². The number of fused-ring (bicyclic) bond motifs is 1. The number of aryl methyl sites for hydroxylation is 1. The van der Waals surface area contributed by atoms with E-state index in [9.17, 15) is 8.42 Å². The Labute approximate surface area is 142 Å². The Morgan fingerprint density at radius 1 is 1.25 bits per heavy atom. The fourth-order valence-electron chi connectivity index (χ4n) is 2.87. The average Bonchev–Trinajstić information content (AvgIpc) is 2.80. The third-order valence-corrected chi connectivity index (χ3v) is 5.42. The molecule has 0 bridgehead atoms. The van der Waals surface area contributed by atoms with Crippen LogP contribution in [-0.2, 0) is 29.4 Å². The molecule has 0 unspecified atom stereocenters. The van der Waals surface area contributed by atoms with Gasteiger partial charge >= 0.3 is 0 Å². The quantitative estimate of drug-likeness (QED) is 0.842. The Kier molecular flexibility index (Phi) is 4.81. The van der Waals surface area contributed by atoms with Crippen LogP contribution in [0.5, 0.6) is 0 Å². The highest BCUT2D eigenvalue weighted by Crippen LogP contribution is 2.21. The van der Waals surface area contributed by atoms with Crippen molar-refractivity contribution < 1.29 is 8.42 Å². The van der Waals surface area contributed by atoms with E-state index in [4.69, 9.17) is 0 Å². The number of hydrogen-bond donors (Lipinski definition) is 1. The minimum absolute atomic E-state index is 0.465. The molecule has 0 amide bonds. The van der Waals surface area contributed by atoms with Crippen molar-refractivity contribution >= 4 is 15.8 Å². The van der Waals surface area contributed by atoms with Crippen LogP contribution < -0.4 is 5.32 Å². The maximum absolute atomic E-state index is 11.8. The molecule has 3 rings (SSSR count). The molecule has 130 valence electrons. The molecule has 0 aliphatic carbocycles. The molecule has 0 atom stereocenters. The Morgan fingerprint density at radius 2 is 2.04 bits per heavy atom. The van der Waals surface area contributed by atoms with Crippen molar-refractivity contribution in [3.8, 4) is 0 Å². The van der Waals surface area contributed by atoms with Gasteiger partial charge in [0.25, 0.3) is 0 Å². The number of rotatable bonds is 5. The van der Waals surface area contributed by atoms with Gasteiger partial charge in [-0.05, 0) is 19.4 Å². The molecule has 0 spiro atoms.